The number of sulfonamides is 1. The Balaban J connectivity index is 2.01. The van der Waals surface area contributed by atoms with Crippen LogP contribution in [0, 0.1) is 16.7 Å². The summed E-state index contributed by atoms with van der Waals surface area (Å²) in [5.74, 6) is 0.955. The maximum Gasteiger partial charge on any atom is 0.273 e. The minimum Gasteiger partial charge on any atom is -0.447 e. The molecule has 6 heteroatoms. The number of rotatable bonds is 6. The first-order valence-electron chi connectivity index (χ1n) is 6.86. The topological polar surface area (TPSA) is 71.3 Å². The molecule has 1 aromatic rings. The Morgan fingerprint density at radius 1 is 1.20 bits per heavy atom. The Kier molecular flexibility index (Phi) is 3.77. The first-order chi connectivity index (χ1) is 9.13. The average molecular weight is 300 g/mol. The normalized spacial score (nSPS) is 21.1. The van der Waals surface area contributed by atoms with E-state index in [0.29, 0.717) is 24.8 Å². The van der Waals surface area contributed by atoms with Gasteiger partial charge in [0, 0.05) is 6.54 Å². The van der Waals surface area contributed by atoms with Crippen LogP contribution < -0.4 is 10.0 Å². The number of hydrogen-bond acceptors (Lipinski definition) is 4. The lowest BCUT2D eigenvalue weighted by molar-refractivity contribution is 0.403. The van der Waals surface area contributed by atoms with Crippen LogP contribution in [0.4, 0.5) is 0 Å². The van der Waals surface area contributed by atoms with Gasteiger partial charge in [0.1, 0.15) is 5.76 Å². The van der Waals surface area contributed by atoms with Crippen LogP contribution in [0.15, 0.2) is 21.6 Å². The molecule has 0 radical (unpaired) electrons. The molecule has 114 valence electrons. The quantitative estimate of drug-likeness (QED) is 0.842. The standard InChI is InChI=1S/C14H24N2O3S/c1-13(2)11(14(13,3)4)9-16-20(17,18)12-7-6-10(19-12)8-15-5/h6-7,11,15-16H,8-9H2,1-5H3. The van der Waals surface area contributed by atoms with Crippen molar-refractivity contribution in [2.75, 3.05) is 13.6 Å². The van der Waals surface area contributed by atoms with E-state index < -0.39 is 10.0 Å². The fraction of sp³-hybridized carbons (Fsp3) is 0.714. The third kappa shape index (κ3) is 2.52. The second kappa shape index (κ2) is 4.86. The van der Waals surface area contributed by atoms with Gasteiger partial charge >= 0.3 is 0 Å². The summed E-state index contributed by atoms with van der Waals surface area (Å²) in [4.78, 5) is 0. The third-order valence-electron chi connectivity index (χ3n) is 5.05. The number of furan rings is 1. The van der Waals surface area contributed by atoms with Crippen LogP contribution in [0.5, 0.6) is 0 Å². The van der Waals surface area contributed by atoms with E-state index in [1.54, 1.807) is 13.1 Å². The van der Waals surface area contributed by atoms with Crippen molar-refractivity contribution in [3.8, 4) is 0 Å². The van der Waals surface area contributed by atoms with Gasteiger partial charge in [0.05, 0.1) is 6.54 Å². The van der Waals surface area contributed by atoms with E-state index in [-0.39, 0.29) is 15.9 Å². The molecule has 0 aliphatic heterocycles. The van der Waals surface area contributed by atoms with Crippen LogP contribution in [0.25, 0.3) is 0 Å². The fourth-order valence-electron chi connectivity index (χ4n) is 2.88. The minimum atomic E-state index is -3.56. The molecule has 1 aliphatic carbocycles. The molecule has 5 nitrogen and oxygen atoms in total. The van der Waals surface area contributed by atoms with Crippen molar-refractivity contribution in [3.63, 3.8) is 0 Å². The van der Waals surface area contributed by atoms with Gasteiger partial charge in [-0.15, -0.1) is 0 Å². The Hall–Kier alpha value is -0.850. The Bertz CT molecular complexity index is 573. The summed E-state index contributed by atoms with van der Waals surface area (Å²) in [5, 5.41) is 2.91. The van der Waals surface area contributed by atoms with Crippen LogP contribution in [-0.2, 0) is 16.6 Å². The molecule has 0 atom stereocenters. The second-order valence-corrected chi connectivity index (χ2v) is 8.30. The highest BCUT2D eigenvalue weighted by Crippen LogP contribution is 2.67. The molecular weight excluding hydrogens is 276 g/mol. The molecule has 2 rings (SSSR count). The minimum absolute atomic E-state index is 0.0148. The molecule has 1 heterocycles. The van der Waals surface area contributed by atoms with Gasteiger partial charge in [0.15, 0.2) is 0 Å². The maximum atomic E-state index is 12.2. The molecule has 2 N–H and O–H groups in total. The third-order valence-corrected chi connectivity index (χ3v) is 6.35. The lowest BCUT2D eigenvalue weighted by Crippen LogP contribution is -2.27. The van der Waals surface area contributed by atoms with Gasteiger partial charge in [-0.3, -0.25) is 0 Å². The zero-order chi connectivity index (χ0) is 15.2. The lowest BCUT2D eigenvalue weighted by atomic mass is 10.0. The van der Waals surface area contributed by atoms with E-state index in [1.165, 1.54) is 6.07 Å². The average Bonchev–Trinajstić information content (AvgIpc) is 2.72. The maximum absolute atomic E-state index is 12.2. The van der Waals surface area contributed by atoms with Crippen LogP contribution in [-0.4, -0.2) is 22.0 Å². The molecule has 0 bridgehead atoms. The van der Waals surface area contributed by atoms with E-state index in [0.717, 1.165) is 0 Å². The fourth-order valence-corrected chi connectivity index (χ4v) is 3.87. The summed E-state index contributed by atoms with van der Waals surface area (Å²) in [5.41, 5.74) is 0.325. The van der Waals surface area contributed by atoms with E-state index in [9.17, 15) is 8.42 Å². The molecule has 20 heavy (non-hydrogen) atoms. The van der Waals surface area contributed by atoms with Gasteiger partial charge < -0.3 is 9.73 Å². The summed E-state index contributed by atoms with van der Waals surface area (Å²) in [7, 11) is -1.77. The molecule has 1 aromatic heterocycles. The van der Waals surface area contributed by atoms with Gasteiger partial charge in [0.2, 0.25) is 5.09 Å². The largest absolute Gasteiger partial charge is 0.447 e. The molecular formula is C14H24N2O3S. The van der Waals surface area contributed by atoms with Crippen LogP contribution in [0.1, 0.15) is 33.5 Å². The Labute approximate surface area is 121 Å². The van der Waals surface area contributed by atoms with Crippen molar-refractivity contribution in [3.05, 3.63) is 17.9 Å². The Morgan fingerprint density at radius 3 is 2.30 bits per heavy atom. The molecule has 0 spiro atoms. The summed E-state index contributed by atoms with van der Waals surface area (Å²) >= 11 is 0. The van der Waals surface area contributed by atoms with E-state index in [2.05, 4.69) is 37.7 Å². The zero-order valence-electron chi connectivity index (χ0n) is 12.8. The first-order valence-corrected chi connectivity index (χ1v) is 8.34. The SMILES string of the molecule is CNCc1ccc(S(=O)(=O)NCC2C(C)(C)C2(C)C)o1. The van der Waals surface area contributed by atoms with Crippen molar-refractivity contribution in [1.82, 2.24) is 10.0 Å². The predicted molar refractivity (Wildman–Crippen MR) is 77.7 cm³/mol. The van der Waals surface area contributed by atoms with Crippen molar-refractivity contribution in [2.24, 2.45) is 16.7 Å². The van der Waals surface area contributed by atoms with E-state index >= 15 is 0 Å². The molecule has 0 unspecified atom stereocenters. The molecule has 1 fully saturated rings. The summed E-state index contributed by atoms with van der Waals surface area (Å²) in [6.07, 6.45) is 0. The zero-order valence-corrected chi connectivity index (χ0v) is 13.6. The molecule has 0 amide bonds. The van der Waals surface area contributed by atoms with E-state index in [4.69, 9.17) is 4.42 Å². The van der Waals surface area contributed by atoms with E-state index in [1.807, 2.05) is 0 Å². The molecule has 0 saturated heterocycles. The smallest absolute Gasteiger partial charge is 0.273 e. The summed E-state index contributed by atoms with van der Waals surface area (Å²) in [6.45, 7) is 9.64. The number of nitrogens with one attached hydrogen (secondary N) is 2. The Morgan fingerprint density at radius 2 is 1.80 bits per heavy atom. The second-order valence-electron chi connectivity index (χ2n) is 6.60. The van der Waals surface area contributed by atoms with Gasteiger partial charge in [-0.25, -0.2) is 13.1 Å². The number of hydrogen-bond donors (Lipinski definition) is 2. The van der Waals surface area contributed by atoms with Crippen molar-refractivity contribution in [1.29, 1.82) is 0 Å². The van der Waals surface area contributed by atoms with Gasteiger partial charge in [0.25, 0.3) is 10.0 Å². The highest BCUT2D eigenvalue weighted by molar-refractivity contribution is 7.89. The van der Waals surface area contributed by atoms with Crippen molar-refractivity contribution < 1.29 is 12.8 Å². The summed E-state index contributed by atoms with van der Waals surface area (Å²) in [6, 6.07) is 3.17. The van der Waals surface area contributed by atoms with Crippen LogP contribution >= 0.6 is 0 Å². The van der Waals surface area contributed by atoms with Gasteiger partial charge in [-0.2, -0.15) is 0 Å². The van der Waals surface area contributed by atoms with Gasteiger partial charge in [-0.05, 0) is 35.9 Å². The van der Waals surface area contributed by atoms with Crippen molar-refractivity contribution in [2.45, 2.75) is 39.3 Å². The van der Waals surface area contributed by atoms with Gasteiger partial charge in [-0.1, -0.05) is 27.7 Å². The highest BCUT2D eigenvalue weighted by atomic mass is 32.2. The molecule has 1 aliphatic rings. The molecule has 1 saturated carbocycles. The lowest BCUT2D eigenvalue weighted by Gasteiger charge is -2.05. The highest BCUT2D eigenvalue weighted by Gasteiger charge is 2.64. The predicted octanol–water partition coefficient (Wildman–Crippen LogP) is 1.96. The van der Waals surface area contributed by atoms with Crippen LogP contribution in [0.3, 0.4) is 0 Å². The molecule has 0 aromatic carbocycles. The van der Waals surface area contributed by atoms with Crippen LogP contribution in [0.2, 0.25) is 0 Å². The summed E-state index contributed by atoms with van der Waals surface area (Å²) < 4.78 is 32.4. The van der Waals surface area contributed by atoms with Crippen molar-refractivity contribution >= 4 is 10.0 Å². The monoisotopic (exact) mass is 300 g/mol. The first kappa shape index (κ1) is 15.5.